The molecule has 1 unspecified atom stereocenters. The summed E-state index contributed by atoms with van der Waals surface area (Å²) in [5.74, 6) is -0.544. The van der Waals surface area contributed by atoms with Gasteiger partial charge in [0.1, 0.15) is 17.5 Å². The summed E-state index contributed by atoms with van der Waals surface area (Å²) in [6, 6.07) is 5.53. The van der Waals surface area contributed by atoms with Gasteiger partial charge in [-0.15, -0.1) is 0 Å². The number of para-hydroxylation sites is 1. The molecule has 136 valence electrons. The molecule has 3 heterocycles. The van der Waals surface area contributed by atoms with Crippen LogP contribution in [0.4, 0.5) is 0 Å². The summed E-state index contributed by atoms with van der Waals surface area (Å²) >= 11 is 0. The van der Waals surface area contributed by atoms with E-state index in [4.69, 9.17) is 9.72 Å². The number of Topliss-reactive ketones (excluding diaryl/α,β-unsaturated/α-hetero) is 1. The molecule has 1 amide bonds. The van der Waals surface area contributed by atoms with Crippen molar-refractivity contribution >= 4 is 28.7 Å². The number of likely N-dealkylation sites (tertiary alicyclic amines) is 1. The molecule has 2 aliphatic rings. The number of hydrogen-bond donors (Lipinski definition) is 1. The van der Waals surface area contributed by atoms with Crippen molar-refractivity contribution in [1.82, 2.24) is 19.8 Å². The highest BCUT2D eigenvalue weighted by atomic mass is 16.5. The molecule has 0 aliphatic carbocycles. The van der Waals surface area contributed by atoms with Crippen LogP contribution in [0.15, 0.2) is 18.2 Å². The second-order valence-corrected chi connectivity index (χ2v) is 6.64. The maximum absolute atomic E-state index is 12.2. The summed E-state index contributed by atoms with van der Waals surface area (Å²) < 4.78 is 6.81. The fraction of sp³-hybridized carbons (Fsp3) is 0.444. The maximum Gasteiger partial charge on any atom is 0.317 e. The summed E-state index contributed by atoms with van der Waals surface area (Å²) in [5.41, 5.74) is 2.25. The Morgan fingerprint density at radius 2 is 2.19 bits per heavy atom. The molecule has 1 aromatic carbocycles. The van der Waals surface area contributed by atoms with Crippen molar-refractivity contribution in [2.75, 3.05) is 26.7 Å². The van der Waals surface area contributed by atoms with E-state index in [-0.39, 0.29) is 11.7 Å². The molecule has 0 spiro atoms. The summed E-state index contributed by atoms with van der Waals surface area (Å²) in [6.07, 6.45) is 0.325. The van der Waals surface area contributed by atoms with E-state index in [2.05, 4.69) is 9.88 Å². The number of carbonyl (C=O) groups is 3. The van der Waals surface area contributed by atoms with Crippen molar-refractivity contribution in [2.24, 2.45) is 5.92 Å². The minimum absolute atomic E-state index is 0.0726. The van der Waals surface area contributed by atoms with Gasteiger partial charge in [-0.05, 0) is 12.1 Å². The summed E-state index contributed by atoms with van der Waals surface area (Å²) in [6.45, 7) is 2.61. The number of nitrogens with zero attached hydrogens (tertiary/aromatic N) is 3. The third-order valence-electron chi connectivity index (χ3n) is 5.07. The van der Waals surface area contributed by atoms with E-state index >= 15 is 0 Å². The fourth-order valence-corrected chi connectivity index (χ4v) is 3.74. The van der Waals surface area contributed by atoms with Gasteiger partial charge < -0.3 is 14.6 Å². The van der Waals surface area contributed by atoms with Crippen molar-refractivity contribution in [3.05, 3.63) is 29.6 Å². The summed E-state index contributed by atoms with van der Waals surface area (Å²) in [4.78, 5) is 42.8. The van der Waals surface area contributed by atoms with Crippen LogP contribution >= 0.6 is 0 Å². The quantitative estimate of drug-likeness (QED) is 0.630. The van der Waals surface area contributed by atoms with Crippen molar-refractivity contribution in [3.8, 4) is 0 Å². The highest BCUT2D eigenvalue weighted by Gasteiger charge is 2.34. The number of ketones is 1. The number of ether oxygens (including phenoxy) is 1. The Kier molecular flexibility index (Phi) is 4.20. The Labute approximate surface area is 150 Å². The number of aromatic nitrogens is 2. The first kappa shape index (κ1) is 16.7. The Morgan fingerprint density at radius 3 is 3.00 bits per heavy atom. The van der Waals surface area contributed by atoms with E-state index in [0.717, 1.165) is 16.9 Å². The molecule has 2 aromatic rings. The van der Waals surface area contributed by atoms with Gasteiger partial charge in [-0.2, -0.15) is 0 Å². The van der Waals surface area contributed by atoms with Crippen LogP contribution in [-0.2, 0) is 27.4 Å². The van der Waals surface area contributed by atoms with Crippen LogP contribution in [0.1, 0.15) is 22.6 Å². The first-order valence-electron chi connectivity index (χ1n) is 8.67. The average Bonchev–Trinajstić information content (AvgIpc) is 2.89. The van der Waals surface area contributed by atoms with Crippen molar-refractivity contribution < 1.29 is 19.1 Å². The first-order valence-corrected chi connectivity index (χ1v) is 8.67. The largest absolute Gasteiger partial charge is 0.468 e. The molecule has 8 heteroatoms. The van der Waals surface area contributed by atoms with Crippen molar-refractivity contribution in [2.45, 2.75) is 19.5 Å². The third-order valence-corrected chi connectivity index (χ3v) is 5.07. The molecule has 2 aliphatic heterocycles. The predicted octanol–water partition coefficient (Wildman–Crippen LogP) is 0.344. The topological polar surface area (TPSA) is 93.5 Å². The number of methoxy groups -OCH3 is 1. The van der Waals surface area contributed by atoms with Crippen LogP contribution in [-0.4, -0.2) is 58.9 Å². The molecule has 1 N–H and O–H groups in total. The van der Waals surface area contributed by atoms with Gasteiger partial charge in [0.25, 0.3) is 5.91 Å². The number of esters is 1. The van der Waals surface area contributed by atoms with Crippen LogP contribution in [0.2, 0.25) is 0 Å². The zero-order valence-electron chi connectivity index (χ0n) is 14.5. The summed E-state index contributed by atoms with van der Waals surface area (Å²) in [7, 11) is 1.30. The number of amides is 1. The van der Waals surface area contributed by atoms with E-state index in [1.54, 1.807) is 6.07 Å². The zero-order valence-corrected chi connectivity index (χ0v) is 14.5. The van der Waals surface area contributed by atoms with E-state index in [9.17, 15) is 14.4 Å². The Bertz CT molecular complexity index is 896. The normalized spacial score (nSPS) is 20.7. The number of carbonyl (C=O) groups excluding carboxylic acids is 3. The van der Waals surface area contributed by atoms with Gasteiger partial charge in [-0.3, -0.25) is 19.3 Å². The van der Waals surface area contributed by atoms with Crippen LogP contribution < -0.4 is 5.32 Å². The van der Waals surface area contributed by atoms with Gasteiger partial charge in [0.05, 0.1) is 30.3 Å². The Balaban J connectivity index is 1.65. The van der Waals surface area contributed by atoms with Crippen LogP contribution in [0, 0.1) is 5.92 Å². The number of hydrogen-bond acceptors (Lipinski definition) is 6. The van der Waals surface area contributed by atoms with Crippen molar-refractivity contribution in [1.29, 1.82) is 0 Å². The minimum Gasteiger partial charge on any atom is -0.468 e. The monoisotopic (exact) mass is 356 g/mol. The predicted molar refractivity (Wildman–Crippen MR) is 92.5 cm³/mol. The van der Waals surface area contributed by atoms with Gasteiger partial charge in [0.15, 0.2) is 0 Å². The smallest absolute Gasteiger partial charge is 0.317 e. The van der Waals surface area contributed by atoms with Gasteiger partial charge in [0, 0.05) is 32.6 Å². The van der Waals surface area contributed by atoms with Gasteiger partial charge in [-0.25, -0.2) is 4.98 Å². The number of piperidine rings is 1. The van der Waals surface area contributed by atoms with Gasteiger partial charge >= 0.3 is 5.97 Å². The van der Waals surface area contributed by atoms with E-state index in [1.165, 1.54) is 7.11 Å². The number of rotatable bonds is 3. The highest BCUT2D eigenvalue weighted by molar-refractivity contribution is 6.05. The number of imidazole rings is 1. The lowest BCUT2D eigenvalue weighted by Gasteiger charge is -2.30. The Morgan fingerprint density at radius 1 is 1.35 bits per heavy atom. The molecule has 8 nitrogen and oxygen atoms in total. The van der Waals surface area contributed by atoms with Crippen molar-refractivity contribution in [3.63, 3.8) is 0 Å². The second kappa shape index (κ2) is 6.53. The zero-order chi connectivity index (χ0) is 18.3. The molecular formula is C18H20N4O4. The average molecular weight is 356 g/mol. The molecule has 0 saturated carbocycles. The molecule has 26 heavy (non-hydrogen) atoms. The van der Waals surface area contributed by atoms with Gasteiger partial charge in [0.2, 0.25) is 0 Å². The number of benzene rings is 1. The third kappa shape index (κ3) is 2.76. The minimum atomic E-state index is -0.735. The lowest BCUT2D eigenvalue weighted by molar-refractivity contribution is -0.152. The maximum atomic E-state index is 12.2. The van der Waals surface area contributed by atoms with Crippen LogP contribution in [0.5, 0.6) is 0 Å². The first-order chi connectivity index (χ1) is 12.6. The van der Waals surface area contributed by atoms with Crippen LogP contribution in [0.25, 0.3) is 11.0 Å². The standard InChI is InChI=1S/C18H20N4O4/c1-26-18(25)12-9-21(7-5-14(12)23)10-15-20-13-4-2-3-11-16(13)22(15)8-6-19-17(11)24/h2-4,12H,5-10H2,1H3,(H,19,24). The molecule has 4 rings (SSSR count). The molecule has 0 bridgehead atoms. The summed E-state index contributed by atoms with van der Waals surface area (Å²) in [5, 5.41) is 2.90. The lowest BCUT2D eigenvalue weighted by Crippen LogP contribution is -2.44. The number of nitrogens with one attached hydrogen (secondary N) is 1. The molecule has 1 aromatic heterocycles. The molecule has 1 saturated heterocycles. The molecule has 0 radical (unpaired) electrons. The van der Waals surface area contributed by atoms with Crippen LogP contribution in [0.3, 0.4) is 0 Å². The molecule has 1 atom stereocenters. The second-order valence-electron chi connectivity index (χ2n) is 6.64. The van der Waals surface area contributed by atoms with E-state index < -0.39 is 11.9 Å². The highest BCUT2D eigenvalue weighted by Crippen LogP contribution is 2.24. The van der Waals surface area contributed by atoms with Gasteiger partial charge in [-0.1, -0.05) is 6.07 Å². The van der Waals surface area contributed by atoms with E-state index in [1.807, 2.05) is 17.0 Å². The Hall–Kier alpha value is -2.74. The lowest BCUT2D eigenvalue weighted by atomic mass is 9.96. The fourth-order valence-electron chi connectivity index (χ4n) is 3.74. The SMILES string of the molecule is COC(=O)C1CN(Cc2nc3cccc4c3n2CCNC4=O)CCC1=O. The molecule has 1 fully saturated rings. The van der Waals surface area contributed by atoms with E-state index in [0.29, 0.717) is 44.7 Å². The molecular weight excluding hydrogens is 336 g/mol.